The molecule has 1 aliphatic rings. The number of nitrogens with one attached hydrogen (secondary N) is 1. The summed E-state index contributed by atoms with van der Waals surface area (Å²) in [6.45, 7) is 8.84. The summed E-state index contributed by atoms with van der Waals surface area (Å²) < 4.78 is 5.97. The van der Waals surface area contributed by atoms with Crippen LogP contribution in [0.15, 0.2) is 29.8 Å². The van der Waals surface area contributed by atoms with Crippen molar-refractivity contribution in [2.24, 2.45) is 0 Å². The smallest absolute Gasteiger partial charge is 0.260 e. The highest BCUT2D eigenvalue weighted by molar-refractivity contribution is 5.80. The first kappa shape index (κ1) is 18.6. The van der Waals surface area contributed by atoms with E-state index < -0.39 is 6.10 Å². The van der Waals surface area contributed by atoms with Crippen LogP contribution >= 0.6 is 0 Å². The van der Waals surface area contributed by atoms with Gasteiger partial charge in [-0.2, -0.15) is 0 Å². The summed E-state index contributed by atoms with van der Waals surface area (Å²) >= 11 is 0. The number of hydrogen-bond donors (Lipinski definition) is 1. The zero-order valence-electron chi connectivity index (χ0n) is 15.5. The van der Waals surface area contributed by atoms with Crippen LogP contribution in [0.2, 0.25) is 0 Å². The molecule has 3 heteroatoms. The Bertz CT molecular complexity index is 590. The summed E-state index contributed by atoms with van der Waals surface area (Å²) in [7, 11) is 0. The fourth-order valence-electron chi connectivity index (χ4n) is 3.09. The van der Waals surface area contributed by atoms with Crippen LogP contribution in [-0.4, -0.2) is 18.6 Å². The summed E-state index contributed by atoms with van der Waals surface area (Å²) in [6.07, 6.45) is 7.76. The number of ether oxygens (including phenoxy) is 1. The molecule has 1 aromatic carbocycles. The van der Waals surface area contributed by atoms with Crippen LogP contribution in [0.25, 0.3) is 0 Å². The van der Waals surface area contributed by atoms with Gasteiger partial charge in [-0.05, 0) is 69.1 Å². The van der Waals surface area contributed by atoms with Crippen molar-refractivity contribution < 1.29 is 9.53 Å². The minimum atomic E-state index is -0.482. The number of amides is 1. The van der Waals surface area contributed by atoms with Gasteiger partial charge in [0.1, 0.15) is 5.75 Å². The molecule has 0 saturated carbocycles. The number of aryl methyl sites for hydroxylation is 1. The summed E-state index contributed by atoms with van der Waals surface area (Å²) in [5.41, 5.74) is 3.77. The molecule has 132 valence electrons. The van der Waals surface area contributed by atoms with Crippen molar-refractivity contribution in [3.8, 4) is 5.75 Å². The van der Waals surface area contributed by atoms with E-state index in [9.17, 15) is 4.79 Å². The maximum absolute atomic E-state index is 12.3. The van der Waals surface area contributed by atoms with Crippen LogP contribution in [0.5, 0.6) is 5.75 Å². The van der Waals surface area contributed by atoms with Gasteiger partial charge in [-0.1, -0.05) is 37.6 Å². The molecule has 1 aromatic rings. The van der Waals surface area contributed by atoms with Gasteiger partial charge in [0.2, 0.25) is 0 Å². The van der Waals surface area contributed by atoms with E-state index in [1.54, 1.807) is 0 Å². The molecule has 0 fully saturated rings. The van der Waals surface area contributed by atoms with Gasteiger partial charge in [-0.15, -0.1) is 0 Å². The fraction of sp³-hybridized carbons (Fsp3) is 0.571. The van der Waals surface area contributed by atoms with E-state index in [-0.39, 0.29) is 5.91 Å². The monoisotopic (exact) mass is 329 g/mol. The molecule has 0 radical (unpaired) electrons. The number of allylic oxidation sites excluding steroid dienone is 1. The Balaban J connectivity index is 1.87. The maximum atomic E-state index is 12.3. The van der Waals surface area contributed by atoms with Crippen molar-refractivity contribution in [1.29, 1.82) is 0 Å². The van der Waals surface area contributed by atoms with Crippen LogP contribution in [-0.2, 0) is 4.79 Å². The van der Waals surface area contributed by atoms with Crippen LogP contribution < -0.4 is 10.1 Å². The molecule has 0 saturated heterocycles. The molecule has 1 N–H and O–H groups in total. The molecule has 0 heterocycles. The topological polar surface area (TPSA) is 38.3 Å². The van der Waals surface area contributed by atoms with Gasteiger partial charge >= 0.3 is 0 Å². The number of rotatable bonds is 7. The lowest BCUT2D eigenvalue weighted by molar-refractivity contribution is -0.127. The van der Waals surface area contributed by atoms with Crippen molar-refractivity contribution in [2.45, 2.75) is 71.8 Å². The van der Waals surface area contributed by atoms with Gasteiger partial charge < -0.3 is 10.1 Å². The highest BCUT2D eigenvalue weighted by atomic mass is 16.5. The summed E-state index contributed by atoms with van der Waals surface area (Å²) in [6, 6.07) is 6.20. The van der Waals surface area contributed by atoms with E-state index in [4.69, 9.17) is 4.74 Å². The van der Waals surface area contributed by atoms with Gasteiger partial charge in [-0.25, -0.2) is 0 Å². The average molecular weight is 329 g/mol. The second kappa shape index (κ2) is 8.91. The van der Waals surface area contributed by atoms with E-state index in [0.29, 0.717) is 12.5 Å². The molecule has 0 aliphatic heterocycles. The number of benzene rings is 1. The number of carbonyl (C=O) groups excluding carboxylic acids is 1. The molecule has 0 bridgehead atoms. The third-order valence-electron chi connectivity index (χ3n) is 4.59. The van der Waals surface area contributed by atoms with Crippen LogP contribution in [0, 0.1) is 6.92 Å². The highest BCUT2D eigenvalue weighted by Crippen LogP contribution is 2.28. The molecule has 1 amide bonds. The standard InChI is InChI=1S/C21H31NO2/c1-15(2)19-11-10-16(3)14-20(19)24-17(4)21(23)22-13-12-18-8-6-5-7-9-18/h8,10-11,14-15,17H,5-7,9,12-13H2,1-4H3,(H,22,23)/t17-/m0/s1. The molecule has 24 heavy (non-hydrogen) atoms. The van der Waals surface area contributed by atoms with Gasteiger partial charge in [0.15, 0.2) is 6.10 Å². The van der Waals surface area contributed by atoms with Crippen molar-refractivity contribution in [2.75, 3.05) is 6.54 Å². The van der Waals surface area contributed by atoms with Crippen LogP contribution in [0.1, 0.15) is 69.9 Å². The first-order chi connectivity index (χ1) is 11.5. The van der Waals surface area contributed by atoms with Crippen molar-refractivity contribution in [3.05, 3.63) is 41.0 Å². The van der Waals surface area contributed by atoms with Crippen molar-refractivity contribution in [1.82, 2.24) is 5.32 Å². The van der Waals surface area contributed by atoms with Gasteiger partial charge in [-0.3, -0.25) is 4.79 Å². The number of carbonyl (C=O) groups is 1. The van der Waals surface area contributed by atoms with E-state index in [1.807, 2.05) is 19.9 Å². The molecular weight excluding hydrogens is 298 g/mol. The summed E-state index contributed by atoms with van der Waals surface area (Å²) in [5.74, 6) is 1.15. The fourth-order valence-corrected chi connectivity index (χ4v) is 3.09. The van der Waals surface area contributed by atoms with E-state index in [2.05, 4.69) is 37.4 Å². The first-order valence-corrected chi connectivity index (χ1v) is 9.20. The Labute approximate surface area is 146 Å². The normalized spacial score (nSPS) is 15.8. The van der Waals surface area contributed by atoms with Crippen molar-refractivity contribution in [3.63, 3.8) is 0 Å². The third-order valence-corrected chi connectivity index (χ3v) is 4.59. The third kappa shape index (κ3) is 5.40. The van der Waals surface area contributed by atoms with Crippen molar-refractivity contribution >= 4 is 5.91 Å². The molecule has 0 aromatic heterocycles. The Hall–Kier alpha value is -1.77. The van der Waals surface area contributed by atoms with E-state index >= 15 is 0 Å². The van der Waals surface area contributed by atoms with Crippen LogP contribution in [0.3, 0.4) is 0 Å². The first-order valence-electron chi connectivity index (χ1n) is 9.20. The van der Waals surface area contributed by atoms with Gasteiger partial charge in [0, 0.05) is 6.54 Å². The van der Waals surface area contributed by atoms with E-state index in [0.717, 1.165) is 23.3 Å². The molecule has 1 aliphatic carbocycles. The Morgan fingerprint density at radius 1 is 1.25 bits per heavy atom. The number of hydrogen-bond acceptors (Lipinski definition) is 2. The largest absolute Gasteiger partial charge is 0.481 e. The predicted molar refractivity (Wildman–Crippen MR) is 99.5 cm³/mol. The van der Waals surface area contributed by atoms with E-state index in [1.165, 1.54) is 31.3 Å². The van der Waals surface area contributed by atoms with Crippen LogP contribution in [0.4, 0.5) is 0 Å². The van der Waals surface area contributed by atoms with Gasteiger partial charge in [0.05, 0.1) is 0 Å². The molecule has 0 spiro atoms. The maximum Gasteiger partial charge on any atom is 0.260 e. The summed E-state index contributed by atoms with van der Waals surface area (Å²) in [5, 5.41) is 3.01. The second-order valence-corrected chi connectivity index (χ2v) is 7.11. The SMILES string of the molecule is Cc1ccc(C(C)C)c(O[C@@H](C)C(=O)NCCC2=CCCCC2)c1. The second-order valence-electron chi connectivity index (χ2n) is 7.11. The Morgan fingerprint density at radius 3 is 2.71 bits per heavy atom. The minimum absolute atomic E-state index is 0.0392. The zero-order chi connectivity index (χ0) is 17.5. The molecule has 0 unspecified atom stereocenters. The zero-order valence-corrected chi connectivity index (χ0v) is 15.5. The quantitative estimate of drug-likeness (QED) is 0.723. The lowest BCUT2D eigenvalue weighted by atomic mass is 9.97. The lowest BCUT2D eigenvalue weighted by Gasteiger charge is -2.20. The molecule has 1 atom stereocenters. The average Bonchev–Trinajstić information content (AvgIpc) is 2.55. The summed E-state index contributed by atoms with van der Waals surface area (Å²) in [4.78, 5) is 12.3. The lowest BCUT2D eigenvalue weighted by Crippen LogP contribution is -2.37. The predicted octanol–water partition coefficient (Wildman–Crippen LogP) is 4.89. The molecular formula is C21H31NO2. The molecule has 3 nitrogen and oxygen atoms in total. The van der Waals surface area contributed by atoms with Gasteiger partial charge in [0.25, 0.3) is 5.91 Å². The Morgan fingerprint density at radius 2 is 2.04 bits per heavy atom. The highest BCUT2D eigenvalue weighted by Gasteiger charge is 2.17. The molecule has 2 rings (SSSR count). The minimum Gasteiger partial charge on any atom is -0.481 e. The Kier molecular flexibility index (Phi) is 6.89.